The van der Waals surface area contributed by atoms with Crippen LogP contribution in [0.25, 0.3) is 0 Å². The van der Waals surface area contributed by atoms with Gasteiger partial charge in [-0.2, -0.15) is 0 Å². The number of carbonyl (C=O) groups excluding carboxylic acids is 3. The molecule has 0 saturated carbocycles. The summed E-state index contributed by atoms with van der Waals surface area (Å²) in [5.74, 6) is -5.07. The van der Waals surface area contributed by atoms with Crippen LogP contribution < -0.4 is 5.32 Å². The molecule has 0 fully saturated rings. The van der Waals surface area contributed by atoms with Gasteiger partial charge < -0.3 is 25.7 Å². The van der Waals surface area contributed by atoms with Crippen molar-refractivity contribution < 1.29 is 39.6 Å². The number of aromatic carboxylic acids is 1. The van der Waals surface area contributed by atoms with Crippen LogP contribution in [0.2, 0.25) is 0 Å². The minimum Gasteiger partial charge on any atom is -0.508 e. The Labute approximate surface area is 237 Å². The number of Topliss-reactive ketones (excluding diaryl/α,β-unsaturated/α-hetero) is 3. The molecule has 9 heteroatoms. The van der Waals surface area contributed by atoms with Gasteiger partial charge in [-0.25, -0.2) is 4.79 Å². The second-order valence-corrected chi connectivity index (χ2v) is 11.3. The van der Waals surface area contributed by atoms with E-state index in [0.29, 0.717) is 36.1 Å². The number of hydrogen-bond donors (Lipinski definition) is 5. The monoisotopic (exact) mass is 559 g/mol. The average molecular weight is 560 g/mol. The third kappa shape index (κ3) is 4.49. The Kier molecular flexibility index (Phi) is 7.21. The number of phenolic OH excluding ortho intramolecular Hbond substituents is 1. The van der Waals surface area contributed by atoms with Gasteiger partial charge in [0, 0.05) is 30.1 Å². The Morgan fingerprint density at radius 3 is 2.34 bits per heavy atom. The zero-order chi connectivity index (χ0) is 29.8. The quantitative estimate of drug-likeness (QED) is 0.318. The summed E-state index contributed by atoms with van der Waals surface area (Å²) in [5.41, 5.74) is 1.15. The van der Waals surface area contributed by atoms with Gasteiger partial charge >= 0.3 is 5.97 Å². The number of aliphatic hydroxyl groups is 2. The maximum absolute atomic E-state index is 13.9. The van der Waals surface area contributed by atoms with Gasteiger partial charge in [0.15, 0.2) is 17.2 Å². The van der Waals surface area contributed by atoms with E-state index < -0.39 is 46.5 Å². The molecule has 0 aliphatic heterocycles. The SMILES string of the molecule is CCc1cc(CNCc2ccc(C(=O)O)cc2)c(O)c2c1C[C@H]1C[C@H]3CC(C)=C(C(C)=O)C(=O)[C@@]3(O)C(O)=C1C2=O. The maximum atomic E-state index is 13.9. The number of fused-ring (bicyclic) bond motifs is 3. The van der Waals surface area contributed by atoms with Gasteiger partial charge in [0.1, 0.15) is 11.5 Å². The Morgan fingerprint density at radius 1 is 1.05 bits per heavy atom. The molecule has 41 heavy (non-hydrogen) atoms. The lowest BCUT2D eigenvalue weighted by Gasteiger charge is -2.46. The molecule has 0 heterocycles. The first kappa shape index (κ1) is 28.4. The van der Waals surface area contributed by atoms with Crippen molar-refractivity contribution in [1.29, 1.82) is 0 Å². The summed E-state index contributed by atoms with van der Waals surface area (Å²) in [6, 6.07) is 8.28. The van der Waals surface area contributed by atoms with Crippen LogP contribution in [0.3, 0.4) is 0 Å². The van der Waals surface area contributed by atoms with Crippen molar-refractivity contribution in [2.24, 2.45) is 11.8 Å². The number of aromatic hydroxyl groups is 1. The number of rotatable bonds is 7. The Bertz CT molecular complexity index is 1560. The van der Waals surface area contributed by atoms with Gasteiger partial charge in [-0.15, -0.1) is 0 Å². The highest BCUT2D eigenvalue weighted by Crippen LogP contribution is 2.52. The fourth-order valence-corrected chi connectivity index (χ4v) is 6.79. The molecule has 0 bridgehead atoms. The molecule has 5 N–H and O–H groups in total. The van der Waals surface area contributed by atoms with Crippen molar-refractivity contribution in [3.63, 3.8) is 0 Å². The number of hydrogen-bond acceptors (Lipinski definition) is 8. The van der Waals surface area contributed by atoms with Crippen LogP contribution in [0.1, 0.15) is 76.6 Å². The minimum absolute atomic E-state index is 0.0635. The van der Waals surface area contributed by atoms with Crippen LogP contribution >= 0.6 is 0 Å². The molecule has 0 saturated heterocycles. The zero-order valence-electron chi connectivity index (χ0n) is 23.2. The van der Waals surface area contributed by atoms with E-state index in [4.69, 9.17) is 5.11 Å². The summed E-state index contributed by atoms with van der Waals surface area (Å²) in [5, 5.41) is 46.5. The number of aryl methyl sites for hydroxylation is 1. The summed E-state index contributed by atoms with van der Waals surface area (Å²) in [4.78, 5) is 50.6. The molecule has 0 spiro atoms. The number of nitrogens with one attached hydrogen (secondary N) is 1. The van der Waals surface area contributed by atoms with Crippen molar-refractivity contribution in [3.8, 4) is 5.75 Å². The predicted octanol–water partition coefficient (Wildman–Crippen LogP) is 3.74. The highest BCUT2D eigenvalue weighted by atomic mass is 16.4. The van der Waals surface area contributed by atoms with Gasteiger partial charge in [0.2, 0.25) is 5.78 Å². The van der Waals surface area contributed by atoms with Crippen molar-refractivity contribution in [3.05, 3.63) is 86.2 Å². The first-order valence-corrected chi connectivity index (χ1v) is 13.8. The van der Waals surface area contributed by atoms with Gasteiger partial charge in [0.25, 0.3) is 0 Å². The molecule has 2 aromatic rings. The van der Waals surface area contributed by atoms with E-state index in [1.807, 2.05) is 13.0 Å². The topological polar surface area (TPSA) is 161 Å². The lowest BCUT2D eigenvalue weighted by Crippen LogP contribution is -2.56. The van der Waals surface area contributed by atoms with Crippen LogP contribution in [0.4, 0.5) is 0 Å². The highest BCUT2D eigenvalue weighted by Gasteiger charge is 2.58. The molecule has 0 radical (unpaired) electrons. The molecule has 2 aromatic carbocycles. The molecule has 214 valence electrons. The Morgan fingerprint density at radius 2 is 1.73 bits per heavy atom. The van der Waals surface area contributed by atoms with Crippen LogP contribution in [0.15, 0.2) is 52.8 Å². The molecule has 0 aromatic heterocycles. The van der Waals surface area contributed by atoms with Gasteiger partial charge in [0.05, 0.1) is 16.7 Å². The fourth-order valence-electron chi connectivity index (χ4n) is 6.79. The first-order chi connectivity index (χ1) is 19.4. The summed E-state index contributed by atoms with van der Waals surface area (Å²) in [6.45, 7) is 5.48. The van der Waals surface area contributed by atoms with E-state index in [2.05, 4.69) is 5.32 Å². The largest absolute Gasteiger partial charge is 0.508 e. The summed E-state index contributed by atoms with van der Waals surface area (Å²) in [6.07, 6.45) is 1.50. The normalized spacial score (nSPS) is 23.7. The van der Waals surface area contributed by atoms with Crippen LogP contribution in [0, 0.1) is 11.8 Å². The standard InChI is InChI=1S/C32H33NO8/c1-4-18-10-21(14-33-13-17-5-7-19(8-6-17)31(39)40)27(35)26-23(18)12-20-11-22-9-15(2)24(16(3)34)29(37)32(22,41)30(38)25(20)28(26)36/h5-8,10,20,22,33,35,38,41H,4,9,11-14H2,1-3H3,(H,39,40)/t20-,22-,32-/m1/s1. The number of allylic oxidation sites excluding steroid dienone is 2. The third-order valence-corrected chi connectivity index (χ3v) is 8.82. The molecule has 5 rings (SSSR count). The van der Waals surface area contributed by atoms with Gasteiger partial charge in [-0.1, -0.05) is 30.7 Å². The number of benzene rings is 2. The third-order valence-electron chi connectivity index (χ3n) is 8.82. The number of carbonyl (C=O) groups is 4. The minimum atomic E-state index is -2.36. The highest BCUT2D eigenvalue weighted by molar-refractivity contribution is 6.25. The smallest absolute Gasteiger partial charge is 0.335 e. The number of carboxylic acids is 1. The molecule has 0 amide bonds. The molecule has 3 aliphatic carbocycles. The van der Waals surface area contributed by atoms with Crippen LogP contribution in [0.5, 0.6) is 5.75 Å². The van der Waals surface area contributed by atoms with Crippen molar-refractivity contribution in [2.45, 2.75) is 65.1 Å². The molecule has 3 aliphatic rings. The van der Waals surface area contributed by atoms with E-state index in [1.54, 1.807) is 19.1 Å². The molecule has 3 atom stereocenters. The van der Waals surface area contributed by atoms with E-state index in [-0.39, 0.29) is 47.4 Å². The molecular formula is C32H33NO8. The number of phenols is 1. The number of carboxylic acid groups (broad SMARTS) is 1. The van der Waals surface area contributed by atoms with E-state index >= 15 is 0 Å². The van der Waals surface area contributed by atoms with Crippen molar-refractivity contribution in [2.75, 3.05) is 0 Å². The van der Waals surface area contributed by atoms with E-state index in [9.17, 15) is 34.5 Å². The lowest BCUT2D eigenvalue weighted by molar-refractivity contribution is -0.143. The van der Waals surface area contributed by atoms with Gasteiger partial charge in [-0.3, -0.25) is 14.4 Å². The molecule has 0 unspecified atom stereocenters. The summed E-state index contributed by atoms with van der Waals surface area (Å²) < 4.78 is 0. The molecule has 9 nitrogen and oxygen atoms in total. The fraction of sp³-hybridized carbons (Fsp3) is 0.375. The van der Waals surface area contributed by atoms with E-state index in [0.717, 1.165) is 11.1 Å². The summed E-state index contributed by atoms with van der Waals surface area (Å²) in [7, 11) is 0. The predicted molar refractivity (Wildman–Crippen MR) is 149 cm³/mol. The van der Waals surface area contributed by atoms with E-state index in [1.165, 1.54) is 19.1 Å². The second kappa shape index (κ2) is 10.4. The first-order valence-electron chi connectivity index (χ1n) is 13.8. The number of aliphatic hydroxyl groups excluding tert-OH is 1. The number of ketones is 3. The van der Waals surface area contributed by atoms with Crippen molar-refractivity contribution >= 4 is 23.3 Å². The van der Waals surface area contributed by atoms with Crippen molar-refractivity contribution in [1.82, 2.24) is 5.32 Å². The lowest BCUT2D eigenvalue weighted by atomic mass is 9.59. The van der Waals surface area contributed by atoms with Gasteiger partial charge in [-0.05, 0) is 74.3 Å². The zero-order valence-corrected chi connectivity index (χ0v) is 23.2. The van der Waals surface area contributed by atoms with Crippen LogP contribution in [-0.4, -0.2) is 49.3 Å². The Hall–Kier alpha value is -4.08. The molecular weight excluding hydrogens is 526 g/mol. The maximum Gasteiger partial charge on any atom is 0.335 e. The second-order valence-electron chi connectivity index (χ2n) is 11.3. The summed E-state index contributed by atoms with van der Waals surface area (Å²) >= 11 is 0. The Balaban J connectivity index is 1.49. The average Bonchev–Trinajstić information content (AvgIpc) is 2.92. The van der Waals surface area contributed by atoms with Crippen LogP contribution in [-0.2, 0) is 35.5 Å².